The second-order valence-corrected chi connectivity index (χ2v) is 9.11. The first kappa shape index (κ1) is 22.3. The van der Waals surface area contributed by atoms with Crippen LogP contribution in [0.25, 0.3) is 0 Å². The molecule has 5 rings (SSSR count). The van der Waals surface area contributed by atoms with Crippen molar-refractivity contribution in [2.24, 2.45) is 0 Å². The Balaban J connectivity index is 1.29. The number of nitrogens with one attached hydrogen (secondary N) is 1. The Morgan fingerprint density at radius 1 is 0.941 bits per heavy atom. The second kappa shape index (κ2) is 10.2. The van der Waals surface area contributed by atoms with Crippen molar-refractivity contribution in [3.63, 3.8) is 0 Å². The van der Waals surface area contributed by atoms with Gasteiger partial charge in [-0.3, -0.25) is 4.90 Å². The van der Waals surface area contributed by atoms with Crippen molar-refractivity contribution in [1.82, 2.24) is 9.80 Å². The lowest BCUT2D eigenvalue weighted by atomic mass is 10.0. The minimum absolute atomic E-state index is 0.0650. The minimum atomic E-state index is -0.0650. The monoisotopic (exact) mass is 457 g/mol. The molecule has 0 saturated carbocycles. The van der Waals surface area contributed by atoms with Crippen LogP contribution in [0.2, 0.25) is 0 Å². The van der Waals surface area contributed by atoms with E-state index in [-0.39, 0.29) is 18.9 Å². The molecule has 0 atom stereocenters. The molecule has 2 aliphatic heterocycles. The molecule has 34 heavy (non-hydrogen) atoms. The summed E-state index contributed by atoms with van der Waals surface area (Å²) in [5.41, 5.74) is 4.31. The minimum Gasteiger partial charge on any atom is -0.454 e. The lowest BCUT2D eigenvalue weighted by molar-refractivity contribution is 0.119. The molecule has 3 aromatic carbocycles. The Kier molecular flexibility index (Phi) is 6.67. The van der Waals surface area contributed by atoms with Gasteiger partial charge in [-0.05, 0) is 60.7 Å². The average Bonchev–Trinajstić information content (AvgIpc) is 3.32. The summed E-state index contributed by atoms with van der Waals surface area (Å²) < 4.78 is 11.0. The van der Waals surface area contributed by atoms with E-state index in [1.807, 2.05) is 54.3 Å². The molecule has 0 unspecified atom stereocenters. The van der Waals surface area contributed by atoms with E-state index < -0.39 is 0 Å². The number of likely N-dealkylation sites (tertiary alicyclic amines) is 1. The second-order valence-electron chi connectivity index (χ2n) is 9.11. The van der Waals surface area contributed by atoms with Crippen molar-refractivity contribution in [3.05, 3.63) is 89.5 Å². The average molecular weight is 458 g/mol. The molecule has 6 nitrogen and oxygen atoms in total. The number of amides is 2. The number of rotatable bonds is 6. The number of urea groups is 1. The molecule has 176 valence electrons. The van der Waals surface area contributed by atoms with Gasteiger partial charge in [0.05, 0.1) is 0 Å². The van der Waals surface area contributed by atoms with E-state index in [0.717, 1.165) is 60.8 Å². The van der Waals surface area contributed by atoms with Gasteiger partial charge in [0, 0.05) is 37.9 Å². The number of anilines is 1. The van der Waals surface area contributed by atoms with Gasteiger partial charge in [-0.15, -0.1) is 0 Å². The summed E-state index contributed by atoms with van der Waals surface area (Å²) in [5, 5.41) is 3.12. The molecule has 2 amide bonds. The Morgan fingerprint density at radius 2 is 1.74 bits per heavy atom. The van der Waals surface area contributed by atoms with Crippen LogP contribution in [0.3, 0.4) is 0 Å². The number of aryl methyl sites for hydroxylation is 1. The number of benzene rings is 3. The summed E-state index contributed by atoms with van der Waals surface area (Å²) >= 11 is 0. The summed E-state index contributed by atoms with van der Waals surface area (Å²) in [6.45, 7) is 5.69. The quantitative estimate of drug-likeness (QED) is 0.537. The predicted octanol–water partition coefficient (Wildman–Crippen LogP) is 5.42. The normalized spacial score (nSPS) is 15.8. The topological polar surface area (TPSA) is 54.0 Å². The smallest absolute Gasteiger partial charge is 0.322 e. The van der Waals surface area contributed by atoms with Gasteiger partial charge in [-0.1, -0.05) is 48.5 Å². The number of carbonyl (C=O) groups is 1. The fourth-order valence-electron chi connectivity index (χ4n) is 4.75. The summed E-state index contributed by atoms with van der Waals surface area (Å²) in [6, 6.07) is 24.5. The maximum absolute atomic E-state index is 13.5. The van der Waals surface area contributed by atoms with Crippen molar-refractivity contribution in [3.8, 4) is 11.5 Å². The van der Waals surface area contributed by atoms with Gasteiger partial charge >= 0.3 is 6.03 Å². The Hall–Kier alpha value is -3.51. The summed E-state index contributed by atoms with van der Waals surface area (Å²) in [6.07, 6.45) is 1.89. The molecule has 0 bridgehead atoms. The largest absolute Gasteiger partial charge is 0.454 e. The Bertz CT molecular complexity index is 1130. The first-order valence-corrected chi connectivity index (χ1v) is 11.9. The van der Waals surface area contributed by atoms with E-state index in [9.17, 15) is 4.79 Å². The number of ether oxygens (including phenoxy) is 2. The van der Waals surface area contributed by atoms with Gasteiger partial charge in [0.25, 0.3) is 0 Å². The molecular weight excluding hydrogens is 426 g/mol. The highest BCUT2D eigenvalue weighted by atomic mass is 16.7. The molecule has 1 saturated heterocycles. The zero-order valence-corrected chi connectivity index (χ0v) is 19.6. The summed E-state index contributed by atoms with van der Waals surface area (Å²) in [5.74, 6) is 1.50. The van der Waals surface area contributed by atoms with Gasteiger partial charge in [0.15, 0.2) is 11.5 Å². The van der Waals surface area contributed by atoms with Gasteiger partial charge < -0.3 is 19.7 Å². The van der Waals surface area contributed by atoms with Gasteiger partial charge in [0.2, 0.25) is 6.79 Å². The van der Waals surface area contributed by atoms with Crippen LogP contribution in [0, 0.1) is 6.92 Å². The SMILES string of the molecule is Cc1cccc(NC(=O)N(Cc2ccc3c(c2)OCO3)C2CCN(Cc3ccccc3)CC2)c1. The molecule has 2 heterocycles. The number of piperidine rings is 1. The maximum atomic E-state index is 13.5. The van der Waals surface area contributed by atoms with Crippen molar-refractivity contribution in [2.45, 2.75) is 38.9 Å². The molecule has 2 aliphatic rings. The van der Waals surface area contributed by atoms with Crippen LogP contribution in [-0.2, 0) is 13.1 Å². The molecule has 0 aromatic heterocycles. The number of hydrogen-bond acceptors (Lipinski definition) is 4. The van der Waals surface area contributed by atoms with E-state index in [2.05, 4.69) is 40.5 Å². The standard InChI is InChI=1S/C28H31N3O3/c1-21-6-5-9-24(16-21)29-28(32)31(19-23-10-11-26-27(17-23)34-20-33-26)25-12-14-30(15-13-25)18-22-7-3-2-4-8-22/h2-11,16-17,25H,12-15,18-20H2,1H3,(H,29,32). The number of nitrogens with zero attached hydrogens (tertiary/aromatic N) is 2. The van der Waals surface area contributed by atoms with Crippen LogP contribution >= 0.6 is 0 Å². The van der Waals surface area contributed by atoms with Gasteiger partial charge in [-0.25, -0.2) is 4.79 Å². The van der Waals surface area contributed by atoms with Crippen LogP contribution in [-0.4, -0.2) is 41.8 Å². The Labute approximate surface area is 201 Å². The number of fused-ring (bicyclic) bond motifs is 1. The third-order valence-corrected chi connectivity index (χ3v) is 6.57. The lowest BCUT2D eigenvalue weighted by Crippen LogP contribution is -2.48. The highest BCUT2D eigenvalue weighted by molar-refractivity contribution is 5.89. The highest BCUT2D eigenvalue weighted by Crippen LogP contribution is 2.33. The molecule has 0 spiro atoms. The molecule has 1 N–H and O–H groups in total. The van der Waals surface area contributed by atoms with E-state index in [1.165, 1.54) is 5.56 Å². The predicted molar refractivity (Wildman–Crippen MR) is 133 cm³/mol. The molecule has 1 fully saturated rings. The molecule has 0 aliphatic carbocycles. The van der Waals surface area contributed by atoms with Crippen LogP contribution in [0.15, 0.2) is 72.8 Å². The van der Waals surface area contributed by atoms with E-state index >= 15 is 0 Å². The molecule has 3 aromatic rings. The van der Waals surface area contributed by atoms with Crippen molar-refractivity contribution in [2.75, 3.05) is 25.2 Å². The van der Waals surface area contributed by atoms with E-state index in [0.29, 0.717) is 6.54 Å². The third kappa shape index (κ3) is 5.34. The van der Waals surface area contributed by atoms with Crippen molar-refractivity contribution < 1.29 is 14.3 Å². The van der Waals surface area contributed by atoms with Gasteiger partial charge in [0.1, 0.15) is 0 Å². The zero-order chi connectivity index (χ0) is 23.3. The molecule has 6 heteroatoms. The first-order chi connectivity index (χ1) is 16.6. The fraction of sp³-hybridized carbons (Fsp3) is 0.321. The third-order valence-electron chi connectivity index (χ3n) is 6.57. The fourth-order valence-corrected chi connectivity index (χ4v) is 4.75. The van der Waals surface area contributed by atoms with Crippen molar-refractivity contribution >= 4 is 11.7 Å². The van der Waals surface area contributed by atoms with Crippen LogP contribution in [0.1, 0.15) is 29.5 Å². The van der Waals surface area contributed by atoms with E-state index in [4.69, 9.17) is 9.47 Å². The molecular formula is C28H31N3O3. The number of hydrogen-bond donors (Lipinski definition) is 1. The lowest BCUT2D eigenvalue weighted by Gasteiger charge is -2.38. The van der Waals surface area contributed by atoms with Crippen LogP contribution < -0.4 is 14.8 Å². The summed E-state index contributed by atoms with van der Waals surface area (Å²) in [4.78, 5) is 17.9. The van der Waals surface area contributed by atoms with Crippen LogP contribution in [0.4, 0.5) is 10.5 Å². The maximum Gasteiger partial charge on any atom is 0.322 e. The summed E-state index contributed by atoms with van der Waals surface area (Å²) in [7, 11) is 0. The van der Waals surface area contributed by atoms with E-state index in [1.54, 1.807) is 0 Å². The first-order valence-electron chi connectivity index (χ1n) is 11.9. The Morgan fingerprint density at radius 3 is 2.53 bits per heavy atom. The number of carbonyl (C=O) groups excluding carboxylic acids is 1. The van der Waals surface area contributed by atoms with Crippen LogP contribution in [0.5, 0.6) is 11.5 Å². The van der Waals surface area contributed by atoms with Gasteiger partial charge in [-0.2, -0.15) is 0 Å². The highest BCUT2D eigenvalue weighted by Gasteiger charge is 2.29. The van der Waals surface area contributed by atoms with Crippen molar-refractivity contribution in [1.29, 1.82) is 0 Å². The molecule has 0 radical (unpaired) electrons. The zero-order valence-electron chi connectivity index (χ0n) is 19.6.